The highest BCUT2D eigenvalue weighted by atomic mass is 19.4. The molecular weight excluding hydrogens is 467 g/mol. The van der Waals surface area contributed by atoms with E-state index in [1.54, 1.807) is 6.92 Å². The largest absolute Gasteiger partial charge is 0.460 e. The van der Waals surface area contributed by atoms with E-state index in [9.17, 15) is 62.2 Å². The minimum Gasteiger partial charge on any atom is -0.388 e. The van der Waals surface area contributed by atoms with Crippen molar-refractivity contribution in [3.05, 3.63) is 35.4 Å². The van der Waals surface area contributed by atoms with Gasteiger partial charge in [-0.3, -0.25) is 0 Å². The molecule has 0 aromatic heterocycles. The molecule has 180 valence electrons. The fraction of sp³-hybridized carbons (Fsp3) is 0.647. The van der Waals surface area contributed by atoms with Crippen LogP contribution in [0.3, 0.4) is 0 Å². The molecule has 0 fully saturated rings. The van der Waals surface area contributed by atoms with Gasteiger partial charge in [-0.1, -0.05) is 37.6 Å². The Hall–Kier alpha value is -1.73. The van der Waals surface area contributed by atoms with Crippen LogP contribution >= 0.6 is 0 Å². The third kappa shape index (κ3) is 4.58. The number of hydrogen-bond acceptors (Lipinski definition) is 1. The van der Waals surface area contributed by atoms with Crippen LogP contribution in [0.2, 0.25) is 0 Å². The van der Waals surface area contributed by atoms with E-state index in [0.717, 1.165) is 12.1 Å². The molecule has 1 N–H and O–H groups in total. The zero-order valence-corrected chi connectivity index (χ0v) is 15.4. The zero-order chi connectivity index (χ0) is 24.7. The van der Waals surface area contributed by atoms with Gasteiger partial charge in [-0.2, -0.15) is 57.1 Å². The van der Waals surface area contributed by atoms with Crippen molar-refractivity contribution in [2.45, 2.75) is 68.1 Å². The summed E-state index contributed by atoms with van der Waals surface area (Å²) in [5.74, 6) is -37.3. The number of aliphatic hydroxyl groups is 1. The molecule has 0 amide bonds. The van der Waals surface area contributed by atoms with Gasteiger partial charge in [0.25, 0.3) is 0 Å². The van der Waals surface area contributed by atoms with E-state index in [2.05, 4.69) is 0 Å². The van der Waals surface area contributed by atoms with E-state index in [0.29, 0.717) is 18.4 Å². The number of benzene rings is 1. The van der Waals surface area contributed by atoms with Crippen molar-refractivity contribution < 1.29 is 62.2 Å². The monoisotopic (exact) mass is 482 g/mol. The van der Waals surface area contributed by atoms with Crippen LogP contribution in [0.1, 0.15) is 37.0 Å². The molecular formula is C17H15F13O. The average molecular weight is 482 g/mol. The summed E-state index contributed by atoms with van der Waals surface area (Å²) >= 11 is 0. The van der Waals surface area contributed by atoms with Crippen LogP contribution in [0, 0.1) is 0 Å². The highest BCUT2D eigenvalue weighted by molar-refractivity contribution is 5.26. The van der Waals surface area contributed by atoms with Gasteiger partial charge in [-0.25, -0.2) is 0 Å². The lowest BCUT2D eigenvalue weighted by molar-refractivity contribution is -0.440. The summed E-state index contributed by atoms with van der Waals surface area (Å²) in [5.41, 5.74) is -0.118. The summed E-state index contributed by atoms with van der Waals surface area (Å²) in [6, 6.07) is 4.53. The van der Waals surface area contributed by atoms with Crippen molar-refractivity contribution in [2.75, 3.05) is 0 Å². The molecule has 1 aromatic rings. The lowest BCUT2D eigenvalue weighted by atomic mass is 9.90. The maximum absolute atomic E-state index is 13.8. The topological polar surface area (TPSA) is 20.2 Å². The molecule has 0 spiro atoms. The lowest BCUT2D eigenvalue weighted by Crippen LogP contribution is -2.70. The average Bonchev–Trinajstić information content (AvgIpc) is 2.60. The van der Waals surface area contributed by atoms with Crippen molar-refractivity contribution in [3.8, 4) is 0 Å². The Morgan fingerprint density at radius 2 is 1.23 bits per heavy atom. The SMILES string of the molecule is CCCc1cccc(C(O)CC(F)(F)C(F)(F)C(F)(F)C(F)(F)C(F)(F)C(F)(F)F)c1. The second-order valence-corrected chi connectivity index (χ2v) is 6.71. The maximum atomic E-state index is 13.8. The van der Waals surface area contributed by atoms with Gasteiger partial charge in [0, 0.05) is 6.42 Å². The third-order valence-electron chi connectivity index (χ3n) is 4.32. The minimum atomic E-state index is -7.95. The van der Waals surface area contributed by atoms with E-state index in [1.165, 1.54) is 12.1 Å². The summed E-state index contributed by atoms with van der Waals surface area (Å²) in [6.07, 6.45) is -11.9. The normalized spacial score (nSPS) is 15.8. The Balaban J connectivity index is 3.32. The summed E-state index contributed by atoms with van der Waals surface area (Å²) in [5, 5.41) is 9.70. The summed E-state index contributed by atoms with van der Waals surface area (Å²) < 4.78 is 170. The number of hydrogen-bond donors (Lipinski definition) is 1. The van der Waals surface area contributed by atoms with Crippen molar-refractivity contribution in [3.63, 3.8) is 0 Å². The van der Waals surface area contributed by atoms with Crippen molar-refractivity contribution in [2.24, 2.45) is 0 Å². The predicted octanol–water partition coefficient (Wildman–Crippen LogP) is 6.80. The second kappa shape index (κ2) is 8.32. The van der Waals surface area contributed by atoms with Gasteiger partial charge in [-0.05, 0) is 17.5 Å². The lowest BCUT2D eigenvalue weighted by Gasteiger charge is -2.40. The molecule has 1 rings (SSSR count). The van der Waals surface area contributed by atoms with Gasteiger partial charge >= 0.3 is 35.8 Å². The Morgan fingerprint density at radius 3 is 1.68 bits per heavy atom. The van der Waals surface area contributed by atoms with Gasteiger partial charge in [0.05, 0.1) is 6.10 Å². The van der Waals surface area contributed by atoms with Gasteiger partial charge in [0.2, 0.25) is 0 Å². The first-order chi connectivity index (χ1) is 13.7. The molecule has 1 atom stereocenters. The number of aliphatic hydroxyl groups excluding tert-OH is 1. The molecule has 0 aliphatic heterocycles. The van der Waals surface area contributed by atoms with E-state index in [-0.39, 0.29) is 0 Å². The van der Waals surface area contributed by atoms with Crippen molar-refractivity contribution in [1.29, 1.82) is 0 Å². The van der Waals surface area contributed by atoms with E-state index in [1.807, 2.05) is 0 Å². The molecule has 1 aromatic carbocycles. The van der Waals surface area contributed by atoms with Crippen molar-refractivity contribution >= 4 is 0 Å². The zero-order valence-electron chi connectivity index (χ0n) is 15.4. The fourth-order valence-electron chi connectivity index (χ4n) is 2.54. The van der Waals surface area contributed by atoms with Crippen LogP contribution in [-0.4, -0.2) is 40.9 Å². The van der Waals surface area contributed by atoms with Crippen LogP contribution in [0.15, 0.2) is 24.3 Å². The fourth-order valence-corrected chi connectivity index (χ4v) is 2.54. The third-order valence-corrected chi connectivity index (χ3v) is 4.32. The molecule has 0 radical (unpaired) electrons. The van der Waals surface area contributed by atoms with Crippen LogP contribution in [0.4, 0.5) is 57.1 Å². The Kier molecular flexibility index (Phi) is 7.33. The molecule has 0 heterocycles. The number of halogens is 13. The molecule has 1 nitrogen and oxygen atoms in total. The van der Waals surface area contributed by atoms with Crippen LogP contribution in [0.5, 0.6) is 0 Å². The Bertz CT molecular complexity index is 755. The predicted molar refractivity (Wildman–Crippen MR) is 80.8 cm³/mol. The number of aryl methyl sites for hydroxylation is 1. The standard InChI is InChI=1S/C17H15F13O/c1-2-4-9-5-3-6-10(7-9)11(31)8-12(18,19)13(20,21)14(22,23)15(24,25)16(26,27)17(28,29)30/h3,5-7,11,31H,2,4,8H2,1H3. The van der Waals surface area contributed by atoms with E-state index >= 15 is 0 Å². The molecule has 31 heavy (non-hydrogen) atoms. The molecule has 1 unspecified atom stereocenters. The molecule has 0 aliphatic carbocycles. The molecule has 0 bridgehead atoms. The molecule has 0 aliphatic rings. The van der Waals surface area contributed by atoms with Gasteiger partial charge in [0.15, 0.2) is 0 Å². The first-order valence-electron chi connectivity index (χ1n) is 8.40. The first-order valence-corrected chi connectivity index (χ1v) is 8.40. The van der Waals surface area contributed by atoms with Crippen LogP contribution < -0.4 is 0 Å². The Morgan fingerprint density at radius 1 is 0.742 bits per heavy atom. The highest BCUT2D eigenvalue weighted by Crippen LogP contribution is 2.61. The summed E-state index contributed by atoms with van der Waals surface area (Å²) in [7, 11) is 0. The van der Waals surface area contributed by atoms with E-state index < -0.39 is 53.9 Å². The smallest absolute Gasteiger partial charge is 0.388 e. The molecule has 0 saturated carbocycles. The van der Waals surface area contributed by atoms with Gasteiger partial charge < -0.3 is 5.11 Å². The summed E-state index contributed by atoms with van der Waals surface area (Å²) in [4.78, 5) is 0. The van der Waals surface area contributed by atoms with E-state index in [4.69, 9.17) is 0 Å². The quantitative estimate of drug-likeness (QED) is 0.384. The minimum absolute atomic E-state index is 0.323. The maximum Gasteiger partial charge on any atom is 0.460 e. The highest BCUT2D eigenvalue weighted by Gasteiger charge is 2.90. The summed E-state index contributed by atoms with van der Waals surface area (Å²) in [6.45, 7) is 1.69. The second-order valence-electron chi connectivity index (χ2n) is 6.71. The molecule has 0 saturated heterocycles. The van der Waals surface area contributed by atoms with Crippen molar-refractivity contribution in [1.82, 2.24) is 0 Å². The van der Waals surface area contributed by atoms with Crippen LogP contribution in [-0.2, 0) is 6.42 Å². The van der Waals surface area contributed by atoms with Gasteiger partial charge in [-0.15, -0.1) is 0 Å². The number of rotatable bonds is 9. The van der Waals surface area contributed by atoms with Crippen LogP contribution in [0.25, 0.3) is 0 Å². The molecule has 14 heteroatoms. The number of alkyl halides is 13. The Labute approximate surface area is 166 Å². The van der Waals surface area contributed by atoms with Gasteiger partial charge in [0.1, 0.15) is 0 Å². The first kappa shape index (κ1) is 27.3.